The molecule has 1 atom stereocenters. The largest absolute Gasteiger partial charge is 0.497 e. The third kappa shape index (κ3) is 2.94. The molecule has 128 valence electrons. The number of methoxy groups -OCH3 is 2. The number of nitrogens with one attached hydrogen (secondary N) is 1. The van der Waals surface area contributed by atoms with E-state index in [1.807, 2.05) is 22.7 Å². The third-order valence-electron chi connectivity index (χ3n) is 4.30. The molecule has 0 aliphatic carbocycles. The second-order valence-electron chi connectivity index (χ2n) is 5.68. The van der Waals surface area contributed by atoms with Crippen molar-refractivity contribution in [1.82, 2.24) is 19.8 Å². The summed E-state index contributed by atoms with van der Waals surface area (Å²) in [5.41, 5.74) is 0.527. The summed E-state index contributed by atoms with van der Waals surface area (Å²) in [6.45, 7) is 2.05. The van der Waals surface area contributed by atoms with E-state index < -0.39 is 0 Å². The van der Waals surface area contributed by atoms with Crippen LogP contribution in [0.25, 0.3) is 0 Å². The summed E-state index contributed by atoms with van der Waals surface area (Å²) < 4.78 is 12.5. The molecule has 1 unspecified atom stereocenters. The molecule has 1 N–H and O–H groups in total. The maximum Gasteiger partial charge on any atom is 0.258 e. The van der Waals surface area contributed by atoms with Crippen molar-refractivity contribution in [2.24, 2.45) is 7.05 Å². The van der Waals surface area contributed by atoms with E-state index in [4.69, 9.17) is 9.47 Å². The zero-order valence-corrected chi connectivity index (χ0v) is 14.2. The second-order valence-corrected chi connectivity index (χ2v) is 5.68. The molecule has 1 aliphatic heterocycles. The van der Waals surface area contributed by atoms with Crippen LogP contribution < -0.4 is 14.8 Å². The minimum absolute atomic E-state index is 0.0657. The number of hydrogen-bond acceptors (Lipinski definition) is 5. The van der Waals surface area contributed by atoms with E-state index in [0.29, 0.717) is 30.2 Å². The predicted molar refractivity (Wildman–Crippen MR) is 89.4 cm³/mol. The van der Waals surface area contributed by atoms with Crippen LogP contribution in [0.15, 0.2) is 30.6 Å². The summed E-state index contributed by atoms with van der Waals surface area (Å²) in [6.07, 6.45) is 3.64. The maximum absolute atomic E-state index is 13.1. The van der Waals surface area contributed by atoms with Crippen molar-refractivity contribution in [1.29, 1.82) is 0 Å². The Morgan fingerprint density at radius 2 is 2.17 bits per heavy atom. The van der Waals surface area contributed by atoms with Crippen molar-refractivity contribution in [2.75, 3.05) is 33.9 Å². The molecule has 7 nitrogen and oxygen atoms in total. The van der Waals surface area contributed by atoms with Gasteiger partial charge >= 0.3 is 0 Å². The molecule has 1 fully saturated rings. The molecule has 1 saturated heterocycles. The third-order valence-corrected chi connectivity index (χ3v) is 4.30. The Kier molecular flexibility index (Phi) is 4.71. The van der Waals surface area contributed by atoms with Gasteiger partial charge in [0.1, 0.15) is 23.4 Å². The number of hydrogen-bond donors (Lipinski definition) is 1. The highest BCUT2D eigenvalue weighted by atomic mass is 16.5. The Balaban J connectivity index is 1.94. The van der Waals surface area contributed by atoms with Crippen molar-refractivity contribution in [3.63, 3.8) is 0 Å². The number of nitrogens with zero attached hydrogens (tertiary/aromatic N) is 3. The van der Waals surface area contributed by atoms with Gasteiger partial charge in [-0.3, -0.25) is 4.79 Å². The highest BCUT2D eigenvalue weighted by Crippen LogP contribution is 2.29. The molecule has 1 aromatic heterocycles. The molecule has 1 aromatic carbocycles. The van der Waals surface area contributed by atoms with E-state index >= 15 is 0 Å². The van der Waals surface area contributed by atoms with Gasteiger partial charge in [0.05, 0.1) is 19.8 Å². The lowest BCUT2D eigenvalue weighted by Crippen LogP contribution is -2.49. The number of rotatable bonds is 4. The summed E-state index contributed by atoms with van der Waals surface area (Å²) >= 11 is 0. The van der Waals surface area contributed by atoms with Crippen LogP contribution in [0.5, 0.6) is 11.5 Å². The van der Waals surface area contributed by atoms with Crippen molar-refractivity contribution in [2.45, 2.75) is 6.04 Å². The van der Waals surface area contributed by atoms with Crippen LogP contribution in [0.1, 0.15) is 22.2 Å². The van der Waals surface area contributed by atoms with E-state index in [2.05, 4.69) is 10.3 Å². The van der Waals surface area contributed by atoms with Crippen LogP contribution in [-0.4, -0.2) is 54.2 Å². The van der Waals surface area contributed by atoms with Crippen molar-refractivity contribution in [3.05, 3.63) is 42.0 Å². The second kappa shape index (κ2) is 6.92. The molecule has 7 heteroatoms. The highest BCUT2D eigenvalue weighted by Gasteiger charge is 2.32. The number of amides is 1. The van der Waals surface area contributed by atoms with Crippen molar-refractivity contribution < 1.29 is 14.3 Å². The zero-order chi connectivity index (χ0) is 17.1. The first kappa shape index (κ1) is 16.3. The molecule has 0 bridgehead atoms. The molecule has 1 aliphatic rings. The van der Waals surface area contributed by atoms with E-state index in [1.165, 1.54) is 0 Å². The number of carbonyl (C=O) groups is 1. The van der Waals surface area contributed by atoms with Crippen molar-refractivity contribution >= 4 is 5.91 Å². The van der Waals surface area contributed by atoms with Gasteiger partial charge in [-0.15, -0.1) is 0 Å². The number of ether oxygens (including phenoxy) is 2. The Labute approximate surface area is 141 Å². The Morgan fingerprint density at radius 1 is 1.33 bits per heavy atom. The maximum atomic E-state index is 13.1. The standard InChI is InChI=1S/C17H22N4O3/c1-20-8-7-19-16(20)14-11-18-6-9-21(14)17(22)13-5-4-12(23-2)10-15(13)24-3/h4-5,7-8,10,14,18H,6,9,11H2,1-3H3. The molecule has 3 rings (SSSR count). The fourth-order valence-corrected chi connectivity index (χ4v) is 3.01. The van der Waals surface area contributed by atoms with Crippen LogP contribution in [0.2, 0.25) is 0 Å². The molecular formula is C17H22N4O3. The molecule has 2 aromatic rings. The molecule has 0 spiro atoms. The van der Waals surface area contributed by atoms with Crippen LogP contribution >= 0.6 is 0 Å². The normalized spacial score (nSPS) is 17.6. The molecule has 24 heavy (non-hydrogen) atoms. The van der Waals surface area contributed by atoms with E-state index in [9.17, 15) is 4.79 Å². The minimum atomic E-state index is -0.113. The lowest BCUT2D eigenvalue weighted by Gasteiger charge is -2.36. The smallest absolute Gasteiger partial charge is 0.258 e. The van der Waals surface area contributed by atoms with Gasteiger partial charge in [0, 0.05) is 45.1 Å². The number of imidazole rings is 1. The monoisotopic (exact) mass is 330 g/mol. The zero-order valence-electron chi connectivity index (χ0n) is 14.2. The lowest BCUT2D eigenvalue weighted by molar-refractivity contribution is 0.0617. The molecular weight excluding hydrogens is 308 g/mol. The quantitative estimate of drug-likeness (QED) is 0.913. The first-order valence-corrected chi connectivity index (χ1v) is 7.86. The molecule has 1 amide bonds. The van der Waals surface area contributed by atoms with Crippen LogP contribution in [0, 0.1) is 0 Å². The van der Waals surface area contributed by atoms with E-state index in [1.54, 1.807) is 38.6 Å². The van der Waals surface area contributed by atoms with Gasteiger partial charge in [-0.05, 0) is 12.1 Å². The predicted octanol–water partition coefficient (Wildman–Crippen LogP) is 1.22. The molecule has 2 heterocycles. The topological polar surface area (TPSA) is 68.6 Å². The summed E-state index contributed by atoms with van der Waals surface area (Å²) in [6, 6.07) is 5.13. The van der Waals surface area contributed by atoms with Gasteiger partial charge in [-0.25, -0.2) is 4.98 Å². The number of carbonyl (C=O) groups excluding carboxylic acids is 1. The van der Waals surface area contributed by atoms with E-state index in [-0.39, 0.29) is 11.9 Å². The van der Waals surface area contributed by atoms with E-state index in [0.717, 1.165) is 12.4 Å². The fraction of sp³-hybridized carbons (Fsp3) is 0.412. The van der Waals surface area contributed by atoms with Gasteiger partial charge in [0.15, 0.2) is 0 Å². The van der Waals surface area contributed by atoms with Crippen LogP contribution in [0.4, 0.5) is 0 Å². The number of aryl methyl sites for hydroxylation is 1. The lowest BCUT2D eigenvalue weighted by atomic mass is 10.1. The summed E-state index contributed by atoms with van der Waals surface area (Å²) in [5.74, 6) is 1.97. The van der Waals surface area contributed by atoms with Gasteiger partial charge in [-0.1, -0.05) is 0 Å². The van der Waals surface area contributed by atoms with Crippen LogP contribution in [0.3, 0.4) is 0 Å². The Bertz CT molecular complexity index is 728. The Hall–Kier alpha value is -2.54. The van der Waals surface area contributed by atoms with Crippen LogP contribution in [-0.2, 0) is 7.05 Å². The average Bonchev–Trinajstić information content (AvgIpc) is 3.06. The first-order chi connectivity index (χ1) is 11.7. The molecule has 0 saturated carbocycles. The summed E-state index contributed by atoms with van der Waals surface area (Å²) in [4.78, 5) is 19.4. The summed E-state index contributed by atoms with van der Waals surface area (Å²) in [5, 5.41) is 3.34. The number of aromatic nitrogens is 2. The minimum Gasteiger partial charge on any atom is -0.497 e. The average molecular weight is 330 g/mol. The highest BCUT2D eigenvalue weighted by molar-refractivity contribution is 5.97. The molecule has 0 radical (unpaired) electrons. The van der Waals surface area contributed by atoms with Gasteiger partial charge < -0.3 is 24.3 Å². The van der Waals surface area contributed by atoms with Crippen molar-refractivity contribution in [3.8, 4) is 11.5 Å². The SMILES string of the molecule is COc1ccc(C(=O)N2CCNCC2c2nccn2C)c(OC)c1. The van der Waals surface area contributed by atoms with Gasteiger partial charge in [0.2, 0.25) is 0 Å². The number of benzene rings is 1. The number of piperazine rings is 1. The fourth-order valence-electron chi connectivity index (χ4n) is 3.01. The van der Waals surface area contributed by atoms with Gasteiger partial charge in [-0.2, -0.15) is 0 Å². The summed E-state index contributed by atoms with van der Waals surface area (Å²) in [7, 11) is 5.08. The first-order valence-electron chi connectivity index (χ1n) is 7.86. The Morgan fingerprint density at radius 3 is 2.83 bits per heavy atom. The van der Waals surface area contributed by atoms with Gasteiger partial charge in [0.25, 0.3) is 5.91 Å².